The highest BCUT2D eigenvalue weighted by Crippen LogP contribution is 2.43. The van der Waals surface area contributed by atoms with E-state index in [0.29, 0.717) is 0 Å². The largest absolute Gasteiger partial charge is 0.397 e. The van der Waals surface area contributed by atoms with Crippen molar-refractivity contribution >= 4 is 41.0 Å². The first kappa shape index (κ1) is 19.1. The second-order valence-electron chi connectivity index (χ2n) is 6.08. The fraction of sp³-hybridized carbons (Fsp3) is 0. The summed E-state index contributed by atoms with van der Waals surface area (Å²) in [4.78, 5) is 6.96. The Bertz CT molecular complexity index is 973. The van der Waals surface area contributed by atoms with Crippen LogP contribution in [0.25, 0.3) is 0 Å². The summed E-state index contributed by atoms with van der Waals surface area (Å²) >= 11 is 5.19. The highest BCUT2D eigenvalue weighted by molar-refractivity contribution is 8.01. The molecule has 0 aliphatic heterocycles. The average Bonchev–Trinajstić information content (AvgIpc) is 2.74. The number of nitrogens with two attached hydrogens (primary N) is 1. The van der Waals surface area contributed by atoms with E-state index in [9.17, 15) is 0 Å². The molecule has 0 unspecified atom stereocenters. The van der Waals surface area contributed by atoms with Crippen LogP contribution < -0.4 is 5.73 Å². The molecular formula is C24H19NS3. The molecule has 0 saturated carbocycles. The van der Waals surface area contributed by atoms with E-state index in [0.717, 1.165) is 15.5 Å². The zero-order valence-electron chi connectivity index (χ0n) is 15.1. The van der Waals surface area contributed by atoms with Crippen LogP contribution in [0.4, 0.5) is 5.69 Å². The number of anilines is 1. The molecule has 138 valence electrons. The molecule has 1 nitrogen and oxygen atoms in total. The maximum Gasteiger partial charge on any atom is 0.0598 e. The normalized spacial score (nSPS) is 10.7. The molecule has 0 fully saturated rings. The molecule has 28 heavy (non-hydrogen) atoms. The van der Waals surface area contributed by atoms with Crippen molar-refractivity contribution in [3.05, 3.63) is 103 Å². The van der Waals surface area contributed by atoms with Gasteiger partial charge in [0.05, 0.1) is 5.69 Å². The Morgan fingerprint density at radius 1 is 0.429 bits per heavy atom. The van der Waals surface area contributed by atoms with Gasteiger partial charge in [0, 0.05) is 29.4 Å². The molecule has 0 bridgehead atoms. The van der Waals surface area contributed by atoms with Crippen LogP contribution in [0.15, 0.2) is 133 Å². The summed E-state index contributed by atoms with van der Waals surface area (Å²) in [6, 6.07) is 35.6. The molecule has 0 saturated heterocycles. The van der Waals surface area contributed by atoms with E-state index in [2.05, 4.69) is 84.9 Å². The number of rotatable bonds is 6. The Morgan fingerprint density at radius 2 is 0.786 bits per heavy atom. The van der Waals surface area contributed by atoms with Crippen LogP contribution in [-0.2, 0) is 0 Å². The molecule has 4 aromatic carbocycles. The van der Waals surface area contributed by atoms with E-state index >= 15 is 0 Å². The molecular weight excluding hydrogens is 398 g/mol. The van der Waals surface area contributed by atoms with Gasteiger partial charge < -0.3 is 5.73 Å². The van der Waals surface area contributed by atoms with Crippen molar-refractivity contribution in [3.8, 4) is 0 Å². The van der Waals surface area contributed by atoms with E-state index in [1.165, 1.54) is 19.6 Å². The maximum absolute atomic E-state index is 6.59. The first-order valence-electron chi connectivity index (χ1n) is 8.90. The lowest BCUT2D eigenvalue weighted by Crippen LogP contribution is -1.93. The third kappa shape index (κ3) is 4.96. The molecule has 0 spiro atoms. The molecule has 0 heterocycles. The summed E-state index contributed by atoms with van der Waals surface area (Å²) in [6.45, 7) is 0. The molecule has 0 aromatic heterocycles. The van der Waals surface area contributed by atoms with Gasteiger partial charge in [-0.1, -0.05) is 89.9 Å². The Kier molecular flexibility index (Phi) is 6.32. The summed E-state index contributed by atoms with van der Waals surface area (Å²) in [5, 5.41) is 0. The first-order valence-corrected chi connectivity index (χ1v) is 11.3. The zero-order chi connectivity index (χ0) is 19.2. The molecule has 2 N–H and O–H groups in total. The maximum atomic E-state index is 6.59. The molecule has 0 aliphatic carbocycles. The second-order valence-corrected chi connectivity index (χ2v) is 9.46. The fourth-order valence-corrected chi connectivity index (χ4v) is 5.70. The monoisotopic (exact) mass is 417 g/mol. The highest BCUT2D eigenvalue weighted by atomic mass is 32.2. The van der Waals surface area contributed by atoms with Gasteiger partial charge in [-0.3, -0.25) is 0 Å². The summed E-state index contributed by atoms with van der Waals surface area (Å²) in [5.74, 6) is 0. The molecule has 0 aliphatic rings. The van der Waals surface area contributed by atoms with Gasteiger partial charge in [-0.2, -0.15) is 0 Å². The molecule has 0 amide bonds. The third-order valence-electron chi connectivity index (χ3n) is 4.00. The lowest BCUT2D eigenvalue weighted by Gasteiger charge is -2.14. The van der Waals surface area contributed by atoms with Gasteiger partial charge in [0.2, 0.25) is 0 Å². The van der Waals surface area contributed by atoms with E-state index < -0.39 is 0 Å². The Hall–Kier alpha value is -2.27. The number of hydrogen-bond acceptors (Lipinski definition) is 4. The SMILES string of the molecule is Nc1c(Sc2ccccc2)cc(Sc2ccccc2)cc1Sc1ccccc1. The third-order valence-corrected chi connectivity index (χ3v) is 7.11. The zero-order valence-corrected chi connectivity index (χ0v) is 17.6. The topological polar surface area (TPSA) is 26.0 Å². The summed E-state index contributed by atoms with van der Waals surface area (Å²) in [7, 11) is 0. The van der Waals surface area contributed by atoms with Gasteiger partial charge in [0.25, 0.3) is 0 Å². The van der Waals surface area contributed by atoms with Crippen LogP contribution in [0.3, 0.4) is 0 Å². The molecule has 0 atom stereocenters. The van der Waals surface area contributed by atoms with E-state index in [-0.39, 0.29) is 0 Å². The quantitative estimate of drug-likeness (QED) is 0.325. The minimum absolute atomic E-state index is 0.833. The summed E-state index contributed by atoms with van der Waals surface area (Å²) < 4.78 is 0. The van der Waals surface area contributed by atoms with Gasteiger partial charge in [-0.25, -0.2) is 0 Å². The van der Waals surface area contributed by atoms with E-state index in [4.69, 9.17) is 5.73 Å². The van der Waals surface area contributed by atoms with Gasteiger partial charge in [0.15, 0.2) is 0 Å². The van der Waals surface area contributed by atoms with Crippen molar-refractivity contribution in [1.29, 1.82) is 0 Å². The van der Waals surface area contributed by atoms with Crippen molar-refractivity contribution in [3.63, 3.8) is 0 Å². The lowest BCUT2D eigenvalue weighted by atomic mass is 10.3. The van der Waals surface area contributed by atoms with Crippen LogP contribution in [0.1, 0.15) is 0 Å². The van der Waals surface area contributed by atoms with Gasteiger partial charge in [-0.15, -0.1) is 0 Å². The number of benzene rings is 4. The average molecular weight is 418 g/mol. The van der Waals surface area contributed by atoms with Crippen molar-refractivity contribution in [2.24, 2.45) is 0 Å². The second kappa shape index (κ2) is 9.28. The fourth-order valence-electron chi connectivity index (χ4n) is 2.66. The van der Waals surface area contributed by atoms with E-state index in [1.807, 2.05) is 18.2 Å². The number of hydrogen-bond donors (Lipinski definition) is 1. The van der Waals surface area contributed by atoms with Crippen molar-refractivity contribution in [1.82, 2.24) is 0 Å². The minimum Gasteiger partial charge on any atom is -0.397 e. The van der Waals surface area contributed by atoms with Gasteiger partial charge in [0.1, 0.15) is 0 Å². The minimum atomic E-state index is 0.833. The lowest BCUT2D eigenvalue weighted by molar-refractivity contribution is 1.23. The predicted octanol–water partition coefficient (Wildman–Crippen LogP) is 7.72. The van der Waals surface area contributed by atoms with Crippen LogP contribution in [0.2, 0.25) is 0 Å². The van der Waals surface area contributed by atoms with Crippen molar-refractivity contribution in [2.75, 3.05) is 5.73 Å². The summed E-state index contributed by atoms with van der Waals surface area (Å²) in [6.07, 6.45) is 0. The van der Waals surface area contributed by atoms with Crippen LogP contribution in [-0.4, -0.2) is 0 Å². The summed E-state index contributed by atoms with van der Waals surface area (Å²) in [5.41, 5.74) is 7.42. The van der Waals surface area contributed by atoms with Crippen LogP contribution in [0.5, 0.6) is 0 Å². The smallest absolute Gasteiger partial charge is 0.0598 e. The van der Waals surface area contributed by atoms with Gasteiger partial charge in [-0.05, 0) is 48.5 Å². The first-order chi connectivity index (χ1) is 13.8. The molecule has 4 aromatic rings. The van der Waals surface area contributed by atoms with Gasteiger partial charge >= 0.3 is 0 Å². The number of nitrogen functional groups attached to an aromatic ring is 1. The Morgan fingerprint density at radius 3 is 1.18 bits per heavy atom. The molecule has 4 heteroatoms. The Labute approximate surface area is 178 Å². The van der Waals surface area contributed by atoms with E-state index in [1.54, 1.807) is 35.3 Å². The molecule has 0 radical (unpaired) electrons. The van der Waals surface area contributed by atoms with Crippen molar-refractivity contribution in [2.45, 2.75) is 29.4 Å². The van der Waals surface area contributed by atoms with Crippen LogP contribution >= 0.6 is 35.3 Å². The Balaban J connectivity index is 1.71. The highest BCUT2D eigenvalue weighted by Gasteiger charge is 2.12. The van der Waals surface area contributed by atoms with Crippen LogP contribution in [0, 0.1) is 0 Å². The van der Waals surface area contributed by atoms with Crippen molar-refractivity contribution < 1.29 is 0 Å². The predicted molar refractivity (Wildman–Crippen MR) is 123 cm³/mol. The standard InChI is InChI=1S/C24H19NS3/c25-24-22(27-19-12-6-2-7-13-19)16-21(26-18-10-4-1-5-11-18)17-23(24)28-20-14-8-3-9-15-20/h1-17H,25H2. The molecule has 4 rings (SSSR count).